The number of aliphatic hydroxyl groups excluding tert-OH is 1. The Kier molecular flexibility index (Phi) is 4.53. The number of amides is 1. The van der Waals surface area contributed by atoms with E-state index in [1.54, 1.807) is 6.07 Å². The second kappa shape index (κ2) is 6.60. The quantitative estimate of drug-likeness (QED) is 0.890. The first kappa shape index (κ1) is 16.4. The summed E-state index contributed by atoms with van der Waals surface area (Å²) in [6.07, 6.45) is -0.0878. The van der Waals surface area contributed by atoms with Gasteiger partial charge < -0.3 is 14.7 Å². The van der Waals surface area contributed by atoms with E-state index in [4.69, 9.17) is 4.74 Å². The maximum absolute atomic E-state index is 14.3. The van der Waals surface area contributed by atoms with Crippen LogP contribution >= 0.6 is 0 Å². The molecule has 3 rings (SSSR count). The summed E-state index contributed by atoms with van der Waals surface area (Å²) in [6.45, 7) is 2.45. The molecule has 1 saturated heterocycles. The molecule has 7 heteroatoms. The molecule has 1 aliphatic heterocycles. The van der Waals surface area contributed by atoms with Crippen LogP contribution in [0.2, 0.25) is 0 Å². The Hall–Kier alpha value is -2.41. The number of H-pyrrole nitrogens is 1. The van der Waals surface area contributed by atoms with Crippen molar-refractivity contribution in [2.24, 2.45) is 5.92 Å². The number of carbonyl (C=O) groups excluding carboxylic acids is 1. The summed E-state index contributed by atoms with van der Waals surface area (Å²) in [5, 5.41) is 17.3. The molecule has 2 heterocycles. The number of halogens is 1. The van der Waals surface area contributed by atoms with Gasteiger partial charge in [0.25, 0.3) is 5.91 Å². The molecule has 1 amide bonds. The summed E-state index contributed by atoms with van der Waals surface area (Å²) in [5.41, 5.74) is 1.75. The predicted octanol–water partition coefficient (Wildman–Crippen LogP) is 1.54. The maximum atomic E-state index is 14.3. The average molecular weight is 333 g/mol. The van der Waals surface area contributed by atoms with Crippen molar-refractivity contribution >= 4 is 5.91 Å². The first-order chi connectivity index (χ1) is 11.5. The first-order valence-corrected chi connectivity index (χ1v) is 7.80. The number of aromatic amines is 1. The molecule has 1 aliphatic rings. The molecule has 0 bridgehead atoms. The van der Waals surface area contributed by atoms with E-state index in [0.717, 1.165) is 11.4 Å². The van der Waals surface area contributed by atoms with Gasteiger partial charge in [0, 0.05) is 24.7 Å². The van der Waals surface area contributed by atoms with Crippen LogP contribution in [0.25, 0.3) is 0 Å². The first-order valence-electron chi connectivity index (χ1n) is 7.80. The minimum absolute atomic E-state index is 0.0316. The van der Waals surface area contributed by atoms with E-state index in [1.807, 2.05) is 13.0 Å². The number of aliphatic hydroxyl groups is 1. The second-order valence-corrected chi connectivity index (χ2v) is 6.11. The smallest absolute Gasteiger partial charge is 0.257 e. The van der Waals surface area contributed by atoms with Crippen molar-refractivity contribution in [1.82, 2.24) is 15.1 Å². The number of hydrogen-bond donors (Lipinski definition) is 2. The Morgan fingerprint density at radius 1 is 1.50 bits per heavy atom. The van der Waals surface area contributed by atoms with Crippen LogP contribution in [0.3, 0.4) is 0 Å². The standard InChI is InChI=1S/C17H20FN3O3/c1-10-6-12(20-19-10)7-11-8-21(9-14(11)22)17(23)13-4-3-5-15(24-2)16(13)18/h3-6,11,14,22H,7-9H2,1-2H3,(H,19,20)/t11-,14-/m1/s1. The maximum Gasteiger partial charge on any atom is 0.257 e. The average Bonchev–Trinajstić information content (AvgIpc) is 3.13. The molecule has 128 valence electrons. The van der Waals surface area contributed by atoms with Crippen LogP contribution in [0.15, 0.2) is 24.3 Å². The van der Waals surface area contributed by atoms with Crippen LogP contribution in [0, 0.1) is 18.7 Å². The molecule has 0 unspecified atom stereocenters. The molecular formula is C17H20FN3O3. The molecule has 2 N–H and O–H groups in total. The van der Waals surface area contributed by atoms with Gasteiger partial charge in [-0.05, 0) is 31.5 Å². The van der Waals surface area contributed by atoms with Gasteiger partial charge in [-0.2, -0.15) is 5.10 Å². The van der Waals surface area contributed by atoms with Gasteiger partial charge in [0.15, 0.2) is 11.6 Å². The number of nitrogens with zero attached hydrogens (tertiary/aromatic N) is 2. The van der Waals surface area contributed by atoms with Gasteiger partial charge in [0.05, 0.1) is 24.5 Å². The fourth-order valence-electron chi connectivity index (χ4n) is 3.07. The number of benzene rings is 1. The van der Waals surface area contributed by atoms with Crippen LogP contribution in [-0.4, -0.2) is 52.4 Å². The fourth-order valence-corrected chi connectivity index (χ4v) is 3.07. The highest BCUT2D eigenvalue weighted by Crippen LogP contribution is 2.26. The number of methoxy groups -OCH3 is 1. The third-order valence-electron chi connectivity index (χ3n) is 4.34. The Labute approximate surface area is 139 Å². The van der Waals surface area contributed by atoms with Crippen molar-refractivity contribution < 1.29 is 19.0 Å². The molecule has 2 aromatic rings. The van der Waals surface area contributed by atoms with E-state index >= 15 is 0 Å². The highest BCUT2D eigenvalue weighted by molar-refractivity contribution is 5.95. The Morgan fingerprint density at radius 2 is 2.29 bits per heavy atom. The SMILES string of the molecule is COc1cccc(C(=O)N2C[C@@H](Cc3cc(C)[nH]n3)[C@H](O)C2)c1F. The molecule has 6 nitrogen and oxygen atoms in total. The summed E-state index contributed by atoms with van der Waals surface area (Å²) in [5.74, 6) is -1.20. The second-order valence-electron chi connectivity index (χ2n) is 6.11. The van der Waals surface area contributed by atoms with Gasteiger partial charge in [-0.15, -0.1) is 0 Å². The lowest BCUT2D eigenvalue weighted by Crippen LogP contribution is -2.30. The molecule has 1 aromatic heterocycles. The summed E-state index contributed by atoms with van der Waals surface area (Å²) in [6, 6.07) is 6.38. The Bertz CT molecular complexity index is 746. The number of rotatable bonds is 4. The lowest BCUT2D eigenvalue weighted by molar-refractivity contribution is 0.0759. The molecular weight excluding hydrogens is 313 g/mol. The summed E-state index contributed by atoms with van der Waals surface area (Å²) < 4.78 is 19.2. The van der Waals surface area contributed by atoms with Crippen LogP contribution in [0.4, 0.5) is 4.39 Å². The lowest BCUT2D eigenvalue weighted by atomic mass is 10.0. The van der Waals surface area contributed by atoms with E-state index in [1.165, 1.54) is 24.1 Å². The van der Waals surface area contributed by atoms with Crippen LogP contribution < -0.4 is 4.74 Å². The highest BCUT2D eigenvalue weighted by atomic mass is 19.1. The topological polar surface area (TPSA) is 78.5 Å². The number of aryl methyl sites for hydroxylation is 1. The number of ether oxygens (including phenoxy) is 1. The van der Waals surface area contributed by atoms with Gasteiger partial charge >= 0.3 is 0 Å². The van der Waals surface area contributed by atoms with E-state index in [-0.39, 0.29) is 23.8 Å². The van der Waals surface area contributed by atoms with Crippen LogP contribution in [0.5, 0.6) is 5.75 Å². The molecule has 0 saturated carbocycles. The van der Waals surface area contributed by atoms with Gasteiger partial charge in [0.1, 0.15) is 0 Å². The van der Waals surface area contributed by atoms with Crippen molar-refractivity contribution in [2.75, 3.05) is 20.2 Å². The largest absolute Gasteiger partial charge is 0.494 e. The van der Waals surface area contributed by atoms with Crippen molar-refractivity contribution in [3.05, 3.63) is 47.0 Å². The predicted molar refractivity (Wildman–Crippen MR) is 85.4 cm³/mol. The number of hydrogen-bond acceptors (Lipinski definition) is 4. The summed E-state index contributed by atoms with van der Waals surface area (Å²) >= 11 is 0. The third kappa shape index (κ3) is 3.12. The zero-order valence-electron chi connectivity index (χ0n) is 13.6. The number of aromatic nitrogens is 2. The van der Waals surface area contributed by atoms with Crippen molar-refractivity contribution in [3.8, 4) is 5.75 Å². The molecule has 1 fully saturated rings. The van der Waals surface area contributed by atoms with Gasteiger partial charge in [-0.25, -0.2) is 4.39 Å². The van der Waals surface area contributed by atoms with Crippen LogP contribution in [0.1, 0.15) is 21.7 Å². The van der Waals surface area contributed by atoms with E-state index in [9.17, 15) is 14.3 Å². The number of carbonyl (C=O) groups is 1. The van der Waals surface area contributed by atoms with E-state index < -0.39 is 17.8 Å². The highest BCUT2D eigenvalue weighted by Gasteiger charge is 2.35. The number of nitrogens with one attached hydrogen (secondary N) is 1. The van der Waals surface area contributed by atoms with Gasteiger partial charge in [-0.3, -0.25) is 9.89 Å². The van der Waals surface area contributed by atoms with Crippen LogP contribution in [-0.2, 0) is 6.42 Å². The lowest BCUT2D eigenvalue weighted by Gasteiger charge is -2.17. The minimum atomic E-state index is -0.675. The molecule has 0 aliphatic carbocycles. The normalized spacial score (nSPS) is 20.4. The fraction of sp³-hybridized carbons (Fsp3) is 0.412. The molecule has 2 atom stereocenters. The summed E-state index contributed by atoms with van der Waals surface area (Å²) in [7, 11) is 1.36. The Balaban J connectivity index is 1.73. The number of β-amino-alcohol motifs (C(OH)–C–C–N with tert-alkyl or cyclic N) is 1. The van der Waals surface area contributed by atoms with Gasteiger partial charge in [-0.1, -0.05) is 6.07 Å². The molecule has 1 aromatic carbocycles. The third-order valence-corrected chi connectivity index (χ3v) is 4.34. The molecule has 0 radical (unpaired) electrons. The van der Waals surface area contributed by atoms with Crippen molar-refractivity contribution in [1.29, 1.82) is 0 Å². The van der Waals surface area contributed by atoms with Gasteiger partial charge in [0.2, 0.25) is 0 Å². The Morgan fingerprint density at radius 3 is 2.96 bits per heavy atom. The van der Waals surface area contributed by atoms with Crippen molar-refractivity contribution in [2.45, 2.75) is 19.4 Å². The summed E-state index contributed by atoms with van der Waals surface area (Å²) in [4.78, 5) is 14.1. The zero-order chi connectivity index (χ0) is 17.3. The zero-order valence-corrected chi connectivity index (χ0v) is 13.6. The molecule has 0 spiro atoms. The van der Waals surface area contributed by atoms with E-state index in [0.29, 0.717) is 13.0 Å². The van der Waals surface area contributed by atoms with E-state index in [2.05, 4.69) is 10.2 Å². The number of likely N-dealkylation sites (tertiary alicyclic amines) is 1. The monoisotopic (exact) mass is 333 g/mol. The molecule has 24 heavy (non-hydrogen) atoms. The van der Waals surface area contributed by atoms with Crippen molar-refractivity contribution in [3.63, 3.8) is 0 Å². The minimum Gasteiger partial charge on any atom is -0.494 e.